The number of carbonyl (C=O) groups is 2. The lowest BCUT2D eigenvalue weighted by atomic mass is 10.2. The van der Waals surface area contributed by atoms with Crippen LogP contribution in [-0.4, -0.2) is 22.8 Å². The van der Waals surface area contributed by atoms with Gasteiger partial charge in [0.25, 0.3) is 0 Å². The van der Waals surface area contributed by atoms with E-state index < -0.39 is 11.9 Å². The van der Waals surface area contributed by atoms with Gasteiger partial charge < -0.3 is 5.32 Å². The van der Waals surface area contributed by atoms with E-state index in [1.54, 1.807) is 30.5 Å². The lowest BCUT2D eigenvalue weighted by molar-refractivity contribution is -0.117. The average molecular weight is 298 g/mol. The molecule has 0 aliphatic carbocycles. The summed E-state index contributed by atoms with van der Waals surface area (Å²) in [7, 11) is 0. The number of fused-ring (bicyclic) bond motifs is 1. The first-order valence-corrected chi connectivity index (χ1v) is 6.23. The molecule has 0 saturated carbocycles. The van der Waals surface area contributed by atoms with Gasteiger partial charge in [-0.2, -0.15) is 0 Å². The second-order valence-electron chi connectivity index (χ2n) is 3.63. The Morgan fingerprint density at radius 3 is 2.79 bits per heavy atom. The number of pyridine rings is 1. The molecule has 1 aromatic carbocycles. The van der Waals surface area contributed by atoms with Gasteiger partial charge >= 0.3 is 6.03 Å². The molecule has 2 rings (SSSR count). The molecule has 0 atom stereocenters. The smallest absolute Gasteiger partial charge is 0.306 e. The highest BCUT2D eigenvalue weighted by Crippen LogP contribution is 2.27. The fourth-order valence-corrected chi connectivity index (χ4v) is 1.83. The summed E-state index contributed by atoms with van der Waals surface area (Å²) in [6.45, 7) is 0. The first kappa shape index (κ1) is 13.6. The third-order valence-corrected chi connectivity index (χ3v) is 2.91. The van der Waals surface area contributed by atoms with Crippen molar-refractivity contribution in [2.75, 3.05) is 11.2 Å². The van der Waals surface area contributed by atoms with Gasteiger partial charge in [-0.05, 0) is 24.3 Å². The number of urea groups is 1. The van der Waals surface area contributed by atoms with Crippen molar-refractivity contribution in [3.05, 3.63) is 35.5 Å². The summed E-state index contributed by atoms with van der Waals surface area (Å²) >= 11 is 11.3. The van der Waals surface area contributed by atoms with Crippen molar-refractivity contribution in [3.63, 3.8) is 0 Å². The molecule has 98 valence electrons. The number of nitrogens with one attached hydrogen (secondary N) is 2. The Balaban J connectivity index is 2.29. The highest BCUT2D eigenvalue weighted by Gasteiger charge is 2.10. The van der Waals surface area contributed by atoms with Crippen molar-refractivity contribution in [3.8, 4) is 0 Å². The molecule has 19 heavy (non-hydrogen) atoms. The molecular formula is C12H9Cl2N3O2. The Morgan fingerprint density at radius 2 is 2.05 bits per heavy atom. The Labute approximate surface area is 118 Å². The zero-order chi connectivity index (χ0) is 13.8. The number of hydrogen-bond acceptors (Lipinski definition) is 3. The maximum absolute atomic E-state index is 11.5. The van der Waals surface area contributed by atoms with Gasteiger partial charge in [-0.15, -0.1) is 11.6 Å². The second kappa shape index (κ2) is 5.86. The van der Waals surface area contributed by atoms with Crippen molar-refractivity contribution < 1.29 is 9.59 Å². The van der Waals surface area contributed by atoms with Crippen LogP contribution < -0.4 is 10.6 Å². The third-order valence-electron chi connectivity index (χ3n) is 2.34. The first-order valence-electron chi connectivity index (χ1n) is 5.32. The molecule has 2 N–H and O–H groups in total. The number of rotatable bonds is 2. The van der Waals surface area contributed by atoms with Crippen molar-refractivity contribution >= 4 is 51.7 Å². The summed E-state index contributed by atoms with van der Waals surface area (Å²) in [6, 6.07) is 6.12. The van der Waals surface area contributed by atoms with Gasteiger partial charge in [0.2, 0.25) is 5.91 Å². The highest BCUT2D eigenvalue weighted by atomic mass is 35.5. The number of amides is 3. The van der Waals surface area contributed by atoms with E-state index in [0.717, 1.165) is 0 Å². The molecule has 0 unspecified atom stereocenters. The van der Waals surface area contributed by atoms with Crippen LogP contribution in [0.4, 0.5) is 10.5 Å². The van der Waals surface area contributed by atoms with Crippen LogP contribution in [0.15, 0.2) is 30.5 Å². The van der Waals surface area contributed by atoms with Crippen molar-refractivity contribution in [2.24, 2.45) is 0 Å². The van der Waals surface area contributed by atoms with E-state index in [9.17, 15) is 9.59 Å². The molecule has 5 nitrogen and oxygen atoms in total. The number of benzene rings is 1. The summed E-state index contributed by atoms with van der Waals surface area (Å²) in [4.78, 5) is 26.7. The fourth-order valence-electron chi connectivity index (χ4n) is 1.55. The summed E-state index contributed by atoms with van der Waals surface area (Å²) in [6.07, 6.45) is 1.59. The van der Waals surface area contributed by atoms with Crippen molar-refractivity contribution in [1.82, 2.24) is 10.3 Å². The Morgan fingerprint density at radius 1 is 1.26 bits per heavy atom. The molecule has 1 aromatic heterocycles. The molecule has 0 aliphatic rings. The number of halogens is 2. The first-order chi connectivity index (χ1) is 9.11. The number of hydrogen-bond donors (Lipinski definition) is 2. The van der Waals surface area contributed by atoms with Crippen molar-refractivity contribution in [2.45, 2.75) is 0 Å². The second-order valence-corrected chi connectivity index (χ2v) is 4.30. The van der Waals surface area contributed by atoms with E-state index >= 15 is 0 Å². The molecule has 2 aromatic rings. The van der Waals surface area contributed by atoms with E-state index in [2.05, 4.69) is 15.6 Å². The number of carbonyl (C=O) groups excluding carboxylic acids is 2. The summed E-state index contributed by atoms with van der Waals surface area (Å²) < 4.78 is 0. The van der Waals surface area contributed by atoms with E-state index in [0.29, 0.717) is 21.6 Å². The van der Waals surface area contributed by atoms with Gasteiger partial charge in [0, 0.05) is 11.6 Å². The van der Waals surface area contributed by atoms with Crippen LogP contribution in [0.2, 0.25) is 5.02 Å². The SMILES string of the molecule is O=C(CCl)NC(=O)Nc1ccc(Cl)c2cccnc12. The molecule has 7 heteroatoms. The Kier molecular flexibility index (Phi) is 4.19. The summed E-state index contributed by atoms with van der Waals surface area (Å²) in [5.41, 5.74) is 1.00. The van der Waals surface area contributed by atoms with Crippen LogP contribution in [0.1, 0.15) is 0 Å². The lowest BCUT2D eigenvalue weighted by Gasteiger charge is -2.09. The topological polar surface area (TPSA) is 71.1 Å². The molecule has 0 fully saturated rings. The molecule has 1 heterocycles. The number of anilines is 1. The van der Waals surface area contributed by atoms with Gasteiger partial charge in [-0.25, -0.2) is 4.79 Å². The maximum Gasteiger partial charge on any atom is 0.325 e. The van der Waals surface area contributed by atoms with Crippen molar-refractivity contribution in [1.29, 1.82) is 0 Å². The normalized spacial score (nSPS) is 10.2. The highest BCUT2D eigenvalue weighted by molar-refractivity contribution is 6.36. The van der Waals surface area contributed by atoms with Crippen LogP contribution in [0.25, 0.3) is 10.9 Å². The monoisotopic (exact) mass is 297 g/mol. The number of aromatic nitrogens is 1. The van der Waals surface area contributed by atoms with E-state index in [1.807, 2.05) is 0 Å². The number of imide groups is 1. The largest absolute Gasteiger partial charge is 0.325 e. The predicted octanol–water partition coefficient (Wildman–Crippen LogP) is 2.78. The minimum atomic E-state index is -0.667. The molecule has 0 bridgehead atoms. The maximum atomic E-state index is 11.5. The fraction of sp³-hybridized carbons (Fsp3) is 0.0833. The molecule has 0 aliphatic heterocycles. The minimum Gasteiger partial charge on any atom is -0.306 e. The minimum absolute atomic E-state index is 0.285. The van der Waals surface area contributed by atoms with E-state index in [-0.39, 0.29) is 5.88 Å². The van der Waals surface area contributed by atoms with E-state index in [4.69, 9.17) is 23.2 Å². The van der Waals surface area contributed by atoms with Crippen LogP contribution in [0.5, 0.6) is 0 Å². The van der Waals surface area contributed by atoms with Gasteiger partial charge in [0.15, 0.2) is 0 Å². The van der Waals surface area contributed by atoms with Crippen LogP contribution in [-0.2, 0) is 4.79 Å². The molecule has 0 saturated heterocycles. The van der Waals surface area contributed by atoms with Gasteiger partial charge in [-0.1, -0.05) is 11.6 Å². The zero-order valence-electron chi connectivity index (χ0n) is 9.61. The van der Waals surface area contributed by atoms with Gasteiger partial charge in [0.1, 0.15) is 5.88 Å². The molecule has 0 radical (unpaired) electrons. The zero-order valence-corrected chi connectivity index (χ0v) is 11.1. The number of alkyl halides is 1. The van der Waals surface area contributed by atoms with Crippen LogP contribution in [0.3, 0.4) is 0 Å². The summed E-state index contributed by atoms with van der Waals surface area (Å²) in [5.74, 6) is -0.863. The molecule has 3 amide bonds. The Hall–Kier alpha value is -1.85. The van der Waals surface area contributed by atoms with Crippen LogP contribution in [0, 0.1) is 0 Å². The van der Waals surface area contributed by atoms with Gasteiger partial charge in [-0.3, -0.25) is 15.1 Å². The number of nitrogens with zero attached hydrogens (tertiary/aromatic N) is 1. The molecular weight excluding hydrogens is 289 g/mol. The lowest BCUT2D eigenvalue weighted by Crippen LogP contribution is -2.35. The molecule has 0 spiro atoms. The third kappa shape index (κ3) is 3.13. The van der Waals surface area contributed by atoms with Gasteiger partial charge in [0.05, 0.1) is 16.2 Å². The average Bonchev–Trinajstić information content (AvgIpc) is 2.42. The standard InChI is InChI=1S/C12H9Cl2N3O2/c13-6-10(18)17-12(19)16-9-4-3-8(14)7-2-1-5-15-11(7)9/h1-5H,6H2,(H2,16,17,18,19). The quantitative estimate of drug-likeness (QED) is 0.837. The summed E-state index contributed by atoms with van der Waals surface area (Å²) in [5, 5.41) is 5.85. The predicted molar refractivity (Wildman–Crippen MR) is 74.6 cm³/mol. The van der Waals surface area contributed by atoms with E-state index in [1.165, 1.54) is 0 Å². The van der Waals surface area contributed by atoms with Crippen LogP contribution >= 0.6 is 23.2 Å². The Bertz CT molecular complexity index is 646.